The van der Waals surface area contributed by atoms with Crippen molar-refractivity contribution in [2.45, 2.75) is 25.9 Å². The second-order valence-electron chi connectivity index (χ2n) is 6.95. The van der Waals surface area contributed by atoms with Gasteiger partial charge in [-0.05, 0) is 43.4 Å². The quantitative estimate of drug-likeness (QED) is 0.850. The van der Waals surface area contributed by atoms with Crippen molar-refractivity contribution in [3.8, 4) is 0 Å². The van der Waals surface area contributed by atoms with Gasteiger partial charge in [0, 0.05) is 11.6 Å². The summed E-state index contributed by atoms with van der Waals surface area (Å²) in [6.07, 6.45) is 1.57. The topological polar surface area (TPSA) is 81.7 Å². The Morgan fingerprint density at radius 3 is 2.96 bits per heavy atom. The maximum Gasteiger partial charge on any atom is 0.310 e. The minimum absolute atomic E-state index is 0.0128. The van der Waals surface area contributed by atoms with Gasteiger partial charge in [-0.15, -0.1) is 0 Å². The zero-order chi connectivity index (χ0) is 16.8. The molecule has 3 fully saturated rings. The first-order valence-corrected chi connectivity index (χ1v) is 8.26. The van der Waals surface area contributed by atoms with Gasteiger partial charge >= 0.3 is 11.9 Å². The Hall–Kier alpha value is -2.37. The molecular formula is C18H19NO5. The lowest BCUT2D eigenvalue weighted by atomic mass is 9.80. The van der Waals surface area contributed by atoms with Gasteiger partial charge in [-0.1, -0.05) is 12.1 Å². The van der Waals surface area contributed by atoms with Crippen LogP contribution in [0, 0.1) is 30.6 Å². The number of fused-ring (bicyclic) bond motifs is 1. The number of benzene rings is 1. The number of rotatable bonds is 4. The highest BCUT2D eigenvalue weighted by molar-refractivity contribution is 5.93. The number of ether oxygens (including phenoxy) is 2. The average molecular weight is 329 g/mol. The summed E-state index contributed by atoms with van der Waals surface area (Å²) in [6.45, 7) is 1.59. The largest absolute Gasteiger partial charge is 0.462 e. The first kappa shape index (κ1) is 15.2. The Morgan fingerprint density at radius 1 is 1.33 bits per heavy atom. The fourth-order valence-electron chi connectivity index (χ4n) is 4.48. The third kappa shape index (κ3) is 2.46. The fourth-order valence-corrected chi connectivity index (χ4v) is 4.48. The van der Waals surface area contributed by atoms with Crippen LogP contribution in [0.25, 0.3) is 0 Å². The second kappa shape index (κ2) is 5.61. The molecule has 0 aromatic heterocycles. The first-order chi connectivity index (χ1) is 11.5. The molecule has 126 valence electrons. The monoisotopic (exact) mass is 329 g/mol. The van der Waals surface area contributed by atoms with Gasteiger partial charge in [-0.25, -0.2) is 0 Å². The molecular weight excluding hydrogens is 310 g/mol. The van der Waals surface area contributed by atoms with E-state index >= 15 is 0 Å². The predicted molar refractivity (Wildman–Crippen MR) is 83.8 cm³/mol. The van der Waals surface area contributed by atoms with Crippen LogP contribution in [0.3, 0.4) is 0 Å². The lowest BCUT2D eigenvalue weighted by molar-refractivity contribution is -0.157. The molecule has 6 nitrogen and oxygen atoms in total. The number of carbonyl (C=O) groups excluding carboxylic acids is 3. The third-order valence-electron chi connectivity index (χ3n) is 5.40. The van der Waals surface area contributed by atoms with E-state index in [1.807, 2.05) is 25.1 Å². The van der Waals surface area contributed by atoms with Crippen molar-refractivity contribution in [2.24, 2.45) is 23.7 Å². The molecule has 2 saturated carbocycles. The minimum Gasteiger partial charge on any atom is -0.462 e. The van der Waals surface area contributed by atoms with E-state index < -0.39 is 11.9 Å². The molecule has 24 heavy (non-hydrogen) atoms. The minimum atomic E-state index is -0.454. The molecule has 3 aliphatic rings. The number of hydrogen-bond donors (Lipinski definition) is 1. The lowest BCUT2D eigenvalue weighted by Gasteiger charge is -2.22. The summed E-state index contributed by atoms with van der Waals surface area (Å²) in [5.41, 5.74) is 1.69. The maximum atomic E-state index is 12.4. The lowest BCUT2D eigenvalue weighted by Crippen LogP contribution is -2.34. The molecule has 1 amide bonds. The molecule has 1 aliphatic heterocycles. The summed E-state index contributed by atoms with van der Waals surface area (Å²) >= 11 is 0. The number of aryl methyl sites for hydroxylation is 1. The Bertz CT molecular complexity index is 713. The van der Waals surface area contributed by atoms with Gasteiger partial charge in [0.05, 0.1) is 11.8 Å². The van der Waals surface area contributed by atoms with Crippen molar-refractivity contribution in [1.29, 1.82) is 0 Å². The number of esters is 2. The van der Waals surface area contributed by atoms with Crippen molar-refractivity contribution < 1.29 is 23.9 Å². The zero-order valence-electron chi connectivity index (χ0n) is 13.4. The molecule has 2 aliphatic carbocycles. The van der Waals surface area contributed by atoms with Gasteiger partial charge < -0.3 is 14.8 Å². The van der Waals surface area contributed by atoms with Crippen LogP contribution >= 0.6 is 0 Å². The highest BCUT2D eigenvalue weighted by atomic mass is 16.6. The maximum absolute atomic E-state index is 12.4. The van der Waals surface area contributed by atoms with Crippen LogP contribution in [-0.4, -0.2) is 30.6 Å². The van der Waals surface area contributed by atoms with E-state index in [1.54, 1.807) is 6.07 Å². The highest BCUT2D eigenvalue weighted by Crippen LogP contribution is 2.57. The molecule has 1 aromatic rings. The molecule has 0 radical (unpaired) electrons. The molecule has 0 spiro atoms. The number of anilines is 1. The Morgan fingerprint density at radius 2 is 2.17 bits per heavy atom. The molecule has 6 heteroatoms. The standard InChI is InChI=1S/C18H19NO5/c1-9-3-2-4-11(5-9)19-14(20)8-23-17(21)15-10-6-12-13(7-10)24-18(22)16(12)15/h2-5,10,12-13,15-16H,6-8H2,1H3,(H,19,20)/t10-,12+,13+,15-,16+/m1/s1. The van der Waals surface area contributed by atoms with Crippen molar-refractivity contribution >= 4 is 23.5 Å². The average Bonchev–Trinajstić information content (AvgIpc) is 3.14. The molecule has 0 unspecified atom stereocenters. The van der Waals surface area contributed by atoms with Gasteiger partial charge in [0.1, 0.15) is 6.10 Å². The van der Waals surface area contributed by atoms with Gasteiger partial charge in [-0.2, -0.15) is 0 Å². The SMILES string of the molecule is Cc1cccc(NC(=O)COC(=O)[C@@H]2[C@@H]3C[C@@H]4[C@@H]2C(=O)O[C@H]4C3)c1. The Balaban J connectivity index is 1.34. The van der Waals surface area contributed by atoms with Crippen LogP contribution in [0.15, 0.2) is 24.3 Å². The van der Waals surface area contributed by atoms with Crippen molar-refractivity contribution in [2.75, 3.05) is 11.9 Å². The van der Waals surface area contributed by atoms with Crippen LogP contribution in [0.1, 0.15) is 18.4 Å². The van der Waals surface area contributed by atoms with Crippen LogP contribution in [0.4, 0.5) is 5.69 Å². The van der Waals surface area contributed by atoms with Crippen molar-refractivity contribution in [3.05, 3.63) is 29.8 Å². The number of hydrogen-bond acceptors (Lipinski definition) is 5. The molecule has 1 saturated heterocycles. The summed E-state index contributed by atoms with van der Waals surface area (Å²) in [5.74, 6) is -1.65. The van der Waals surface area contributed by atoms with Crippen molar-refractivity contribution in [1.82, 2.24) is 0 Å². The molecule has 2 bridgehead atoms. The molecule has 4 rings (SSSR count). The summed E-state index contributed by atoms with van der Waals surface area (Å²) < 4.78 is 10.5. The summed E-state index contributed by atoms with van der Waals surface area (Å²) in [7, 11) is 0. The van der Waals surface area contributed by atoms with Crippen LogP contribution in [0.2, 0.25) is 0 Å². The van der Waals surface area contributed by atoms with E-state index in [-0.39, 0.29) is 42.3 Å². The predicted octanol–water partition coefficient (Wildman–Crippen LogP) is 1.67. The Labute approximate surface area is 139 Å². The Kier molecular flexibility index (Phi) is 3.55. The third-order valence-corrected chi connectivity index (χ3v) is 5.40. The van der Waals surface area contributed by atoms with E-state index in [2.05, 4.69) is 5.32 Å². The molecule has 1 heterocycles. The fraction of sp³-hybridized carbons (Fsp3) is 0.500. The van der Waals surface area contributed by atoms with Gasteiger partial charge in [-0.3, -0.25) is 14.4 Å². The summed E-state index contributed by atoms with van der Waals surface area (Å²) in [6, 6.07) is 7.38. The summed E-state index contributed by atoms with van der Waals surface area (Å²) in [4.78, 5) is 36.2. The van der Waals surface area contributed by atoms with E-state index in [1.165, 1.54) is 0 Å². The van der Waals surface area contributed by atoms with Gasteiger partial charge in [0.15, 0.2) is 6.61 Å². The van der Waals surface area contributed by atoms with Crippen LogP contribution < -0.4 is 5.32 Å². The number of carbonyl (C=O) groups is 3. The van der Waals surface area contributed by atoms with Crippen LogP contribution in [-0.2, 0) is 23.9 Å². The van der Waals surface area contributed by atoms with E-state index in [0.717, 1.165) is 18.4 Å². The second-order valence-corrected chi connectivity index (χ2v) is 6.95. The molecule has 1 N–H and O–H groups in total. The summed E-state index contributed by atoms with van der Waals surface area (Å²) in [5, 5.41) is 2.70. The zero-order valence-corrected chi connectivity index (χ0v) is 13.4. The van der Waals surface area contributed by atoms with Gasteiger partial charge in [0.2, 0.25) is 0 Å². The van der Waals surface area contributed by atoms with Gasteiger partial charge in [0.25, 0.3) is 5.91 Å². The molecule has 1 aromatic carbocycles. The van der Waals surface area contributed by atoms with E-state index in [9.17, 15) is 14.4 Å². The van der Waals surface area contributed by atoms with Crippen LogP contribution in [0.5, 0.6) is 0 Å². The van der Waals surface area contributed by atoms with Crippen molar-refractivity contribution in [3.63, 3.8) is 0 Å². The van der Waals surface area contributed by atoms with E-state index in [0.29, 0.717) is 5.69 Å². The number of nitrogens with one attached hydrogen (secondary N) is 1. The number of amides is 1. The highest BCUT2D eigenvalue weighted by Gasteiger charge is 2.64. The smallest absolute Gasteiger partial charge is 0.310 e. The normalized spacial score (nSPS) is 32.5. The first-order valence-electron chi connectivity index (χ1n) is 8.26. The van der Waals surface area contributed by atoms with E-state index in [4.69, 9.17) is 9.47 Å². The molecule has 5 atom stereocenters.